The van der Waals surface area contributed by atoms with Crippen LogP contribution in [-0.4, -0.2) is 23.0 Å². The van der Waals surface area contributed by atoms with Gasteiger partial charge in [0.15, 0.2) is 11.3 Å². The van der Waals surface area contributed by atoms with Crippen LogP contribution in [0.2, 0.25) is 5.15 Å². The number of benzene rings is 1. The van der Waals surface area contributed by atoms with Crippen molar-refractivity contribution >= 4 is 35.2 Å². The molecule has 2 aromatic rings. The first kappa shape index (κ1) is 20.4. The summed E-state index contributed by atoms with van der Waals surface area (Å²) < 4.78 is 42.4. The Kier molecular flexibility index (Phi) is 6.57. The second-order valence-corrected chi connectivity index (χ2v) is 5.72. The summed E-state index contributed by atoms with van der Waals surface area (Å²) in [6.07, 6.45) is -1.80. The molecule has 0 aliphatic rings. The molecule has 142 valence electrons. The van der Waals surface area contributed by atoms with Gasteiger partial charge in [0, 0.05) is 12.3 Å². The number of carbonyl (C=O) groups is 2. The van der Waals surface area contributed by atoms with Crippen LogP contribution in [0.5, 0.6) is 0 Å². The first-order chi connectivity index (χ1) is 12.7. The van der Waals surface area contributed by atoms with Gasteiger partial charge in [-0.25, -0.2) is 9.78 Å². The average molecular weight is 399 g/mol. The summed E-state index contributed by atoms with van der Waals surface area (Å²) in [6.45, 7) is 1.36. The van der Waals surface area contributed by atoms with Crippen molar-refractivity contribution in [2.45, 2.75) is 19.2 Å². The molecule has 0 radical (unpaired) electrons. The summed E-state index contributed by atoms with van der Waals surface area (Å²) in [5, 5.41) is 2.56. The van der Waals surface area contributed by atoms with Crippen LogP contribution in [0.15, 0.2) is 48.7 Å². The lowest BCUT2D eigenvalue weighted by Crippen LogP contribution is -2.29. The predicted octanol–water partition coefficient (Wildman–Crippen LogP) is 4.34. The third kappa shape index (κ3) is 6.10. The number of rotatable bonds is 5. The zero-order chi connectivity index (χ0) is 20.0. The number of alkyl halides is 3. The van der Waals surface area contributed by atoms with E-state index < -0.39 is 29.7 Å². The summed E-state index contributed by atoms with van der Waals surface area (Å²) in [4.78, 5) is 27.6. The molecule has 0 bridgehead atoms. The molecule has 0 saturated carbocycles. The van der Waals surface area contributed by atoms with Gasteiger partial charge in [-0.1, -0.05) is 23.7 Å². The number of anilines is 1. The van der Waals surface area contributed by atoms with Gasteiger partial charge in [0.25, 0.3) is 5.91 Å². The van der Waals surface area contributed by atoms with Crippen molar-refractivity contribution in [3.8, 4) is 0 Å². The molecule has 1 heterocycles. The Morgan fingerprint density at radius 3 is 2.48 bits per heavy atom. The van der Waals surface area contributed by atoms with Crippen LogP contribution in [0, 0.1) is 0 Å². The maximum Gasteiger partial charge on any atom is 0.416 e. The molecule has 27 heavy (non-hydrogen) atoms. The normalized spacial score (nSPS) is 12.6. The number of pyridine rings is 1. The van der Waals surface area contributed by atoms with Crippen molar-refractivity contribution in [2.24, 2.45) is 0 Å². The maximum absolute atomic E-state index is 12.5. The predicted molar refractivity (Wildman–Crippen MR) is 93.9 cm³/mol. The smallest absolute Gasteiger partial charge is 0.416 e. The van der Waals surface area contributed by atoms with Gasteiger partial charge < -0.3 is 10.1 Å². The van der Waals surface area contributed by atoms with Crippen molar-refractivity contribution in [2.75, 3.05) is 5.32 Å². The lowest BCUT2D eigenvalue weighted by molar-refractivity contribution is -0.148. The Hall–Kier alpha value is -2.87. The van der Waals surface area contributed by atoms with E-state index in [0.29, 0.717) is 5.56 Å². The van der Waals surface area contributed by atoms with E-state index in [1.54, 1.807) is 6.07 Å². The van der Waals surface area contributed by atoms with Crippen molar-refractivity contribution in [3.63, 3.8) is 0 Å². The minimum absolute atomic E-state index is 0.0894. The molecule has 0 saturated heterocycles. The zero-order valence-electron chi connectivity index (χ0n) is 14.0. The van der Waals surface area contributed by atoms with Gasteiger partial charge in [-0.2, -0.15) is 13.2 Å². The van der Waals surface area contributed by atoms with E-state index in [4.69, 9.17) is 16.3 Å². The molecule has 0 aliphatic heterocycles. The van der Waals surface area contributed by atoms with Gasteiger partial charge >= 0.3 is 12.1 Å². The monoisotopic (exact) mass is 398 g/mol. The van der Waals surface area contributed by atoms with Gasteiger partial charge in [-0.3, -0.25) is 4.79 Å². The topological polar surface area (TPSA) is 68.3 Å². The highest BCUT2D eigenvalue weighted by Crippen LogP contribution is 2.29. The fraction of sp³-hybridized carbons (Fsp3) is 0.167. The van der Waals surface area contributed by atoms with Gasteiger partial charge in [-0.15, -0.1) is 0 Å². The molecular weight excluding hydrogens is 385 g/mol. The number of carbonyl (C=O) groups excluding carboxylic acids is 2. The molecule has 9 heteroatoms. The molecule has 0 spiro atoms. The Balaban J connectivity index is 1.91. The number of nitrogens with one attached hydrogen (secondary N) is 1. The number of esters is 1. The Morgan fingerprint density at radius 2 is 1.89 bits per heavy atom. The second-order valence-electron chi connectivity index (χ2n) is 5.36. The zero-order valence-corrected chi connectivity index (χ0v) is 14.7. The Labute approximate surface area is 157 Å². The van der Waals surface area contributed by atoms with Gasteiger partial charge in [0.1, 0.15) is 0 Å². The molecule has 1 atom stereocenters. The highest BCUT2D eigenvalue weighted by Gasteiger charge is 2.29. The lowest BCUT2D eigenvalue weighted by Gasteiger charge is -2.12. The van der Waals surface area contributed by atoms with Gasteiger partial charge in [0.05, 0.1) is 11.3 Å². The van der Waals surface area contributed by atoms with Crippen LogP contribution >= 0.6 is 11.6 Å². The molecule has 2 rings (SSSR count). The SMILES string of the molecule is C[C@@H](OC(=O)/C=C/c1ccc(C(F)(F)F)cc1)C(=O)Nc1cccnc1Cl. The van der Waals surface area contributed by atoms with Gasteiger partial charge in [0.2, 0.25) is 0 Å². The standard InChI is InChI=1S/C18H14ClF3N2O3/c1-11(17(26)24-14-3-2-10-23-16(14)19)27-15(25)9-6-12-4-7-13(8-5-12)18(20,21)22/h2-11H,1H3,(H,24,26)/b9-6+/t11-/m1/s1. The molecule has 1 aromatic heterocycles. The third-order valence-electron chi connectivity index (χ3n) is 3.33. The quantitative estimate of drug-likeness (QED) is 0.462. The minimum Gasteiger partial charge on any atom is -0.449 e. The van der Waals surface area contributed by atoms with E-state index in [1.165, 1.54) is 37.4 Å². The van der Waals surface area contributed by atoms with Crippen LogP contribution in [-0.2, 0) is 20.5 Å². The molecule has 0 unspecified atom stereocenters. The highest BCUT2D eigenvalue weighted by molar-refractivity contribution is 6.32. The van der Waals surface area contributed by atoms with E-state index in [1.807, 2.05) is 0 Å². The number of ether oxygens (including phenoxy) is 1. The van der Waals surface area contributed by atoms with Crippen LogP contribution in [0.25, 0.3) is 6.08 Å². The largest absolute Gasteiger partial charge is 0.449 e. The van der Waals surface area contributed by atoms with E-state index in [-0.39, 0.29) is 10.8 Å². The molecule has 0 aliphatic carbocycles. The molecule has 0 fully saturated rings. The van der Waals surface area contributed by atoms with Crippen LogP contribution < -0.4 is 5.32 Å². The summed E-state index contributed by atoms with van der Waals surface area (Å²) in [5.41, 5.74) is -0.145. The number of aromatic nitrogens is 1. The fourth-order valence-corrected chi connectivity index (χ4v) is 2.09. The molecule has 1 aromatic carbocycles. The summed E-state index contributed by atoms with van der Waals surface area (Å²) in [6, 6.07) is 7.34. The van der Waals surface area contributed by atoms with Crippen LogP contribution in [0.4, 0.5) is 18.9 Å². The summed E-state index contributed by atoms with van der Waals surface area (Å²) in [5.74, 6) is -1.43. The Morgan fingerprint density at radius 1 is 1.22 bits per heavy atom. The van der Waals surface area contributed by atoms with Crippen molar-refractivity contribution < 1.29 is 27.5 Å². The van der Waals surface area contributed by atoms with Crippen LogP contribution in [0.1, 0.15) is 18.1 Å². The molecule has 1 N–H and O–H groups in total. The van der Waals surface area contributed by atoms with Crippen molar-refractivity contribution in [1.82, 2.24) is 4.98 Å². The van der Waals surface area contributed by atoms with Crippen molar-refractivity contribution in [3.05, 3.63) is 65.0 Å². The molecular formula is C18H14ClF3N2O3. The van der Waals surface area contributed by atoms with E-state index in [9.17, 15) is 22.8 Å². The number of amides is 1. The number of halogens is 4. The first-order valence-electron chi connectivity index (χ1n) is 7.64. The summed E-state index contributed by atoms with van der Waals surface area (Å²) >= 11 is 5.82. The number of nitrogens with zero attached hydrogens (tertiary/aromatic N) is 1. The second kappa shape index (κ2) is 8.68. The van der Waals surface area contributed by atoms with E-state index >= 15 is 0 Å². The average Bonchev–Trinajstić information content (AvgIpc) is 2.61. The summed E-state index contributed by atoms with van der Waals surface area (Å²) in [7, 11) is 0. The number of hydrogen-bond acceptors (Lipinski definition) is 4. The van der Waals surface area contributed by atoms with Crippen molar-refractivity contribution in [1.29, 1.82) is 0 Å². The first-order valence-corrected chi connectivity index (χ1v) is 8.02. The lowest BCUT2D eigenvalue weighted by atomic mass is 10.1. The van der Waals surface area contributed by atoms with Gasteiger partial charge in [-0.05, 0) is 42.8 Å². The number of hydrogen-bond donors (Lipinski definition) is 1. The van der Waals surface area contributed by atoms with Crippen LogP contribution in [0.3, 0.4) is 0 Å². The Bertz CT molecular complexity index is 852. The third-order valence-corrected chi connectivity index (χ3v) is 3.63. The highest BCUT2D eigenvalue weighted by atomic mass is 35.5. The fourth-order valence-electron chi connectivity index (χ4n) is 1.93. The maximum atomic E-state index is 12.5. The van der Waals surface area contributed by atoms with E-state index in [0.717, 1.165) is 18.2 Å². The molecule has 1 amide bonds. The minimum atomic E-state index is -4.43. The molecule has 5 nitrogen and oxygen atoms in total. The van der Waals surface area contributed by atoms with E-state index in [2.05, 4.69) is 10.3 Å².